The van der Waals surface area contributed by atoms with Crippen LogP contribution in [-0.4, -0.2) is 38.8 Å². The maximum absolute atomic E-state index is 12.5. The molecule has 1 aliphatic heterocycles. The fraction of sp³-hybridized carbons (Fsp3) is 0.438. The van der Waals surface area contributed by atoms with Gasteiger partial charge in [-0.05, 0) is 44.9 Å². The van der Waals surface area contributed by atoms with Gasteiger partial charge in [0.1, 0.15) is 0 Å². The van der Waals surface area contributed by atoms with Crippen LogP contribution >= 0.6 is 0 Å². The largest absolute Gasteiger partial charge is 0.322 e. The number of anilines is 1. The zero-order valence-electron chi connectivity index (χ0n) is 13.2. The van der Waals surface area contributed by atoms with Gasteiger partial charge in [0.2, 0.25) is 0 Å². The van der Waals surface area contributed by atoms with Crippen molar-refractivity contribution in [1.82, 2.24) is 19.7 Å². The number of nitrogens with one attached hydrogen (secondary N) is 1. The smallest absolute Gasteiger partial charge is 0.321 e. The van der Waals surface area contributed by atoms with Gasteiger partial charge in [-0.1, -0.05) is 0 Å². The van der Waals surface area contributed by atoms with Gasteiger partial charge in [-0.25, -0.2) is 4.79 Å². The fourth-order valence-electron chi connectivity index (χ4n) is 3.04. The molecule has 6 nitrogen and oxygen atoms in total. The second-order valence-corrected chi connectivity index (χ2v) is 5.85. The van der Waals surface area contributed by atoms with Crippen LogP contribution in [0.2, 0.25) is 0 Å². The van der Waals surface area contributed by atoms with Crippen molar-refractivity contribution in [3.8, 4) is 0 Å². The number of aryl methyl sites for hydroxylation is 3. The Labute approximate surface area is 130 Å². The van der Waals surface area contributed by atoms with Crippen molar-refractivity contribution in [1.29, 1.82) is 0 Å². The van der Waals surface area contributed by atoms with E-state index >= 15 is 0 Å². The lowest BCUT2D eigenvalue weighted by Crippen LogP contribution is -2.33. The van der Waals surface area contributed by atoms with E-state index < -0.39 is 0 Å². The molecule has 6 heteroatoms. The number of nitrogens with zero attached hydrogens (tertiary/aromatic N) is 4. The summed E-state index contributed by atoms with van der Waals surface area (Å²) in [6.07, 6.45) is 4.65. The van der Waals surface area contributed by atoms with Gasteiger partial charge >= 0.3 is 6.03 Å². The molecule has 1 atom stereocenters. The van der Waals surface area contributed by atoms with Gasteiger partial charge in [-0.3, -0.25) is 9.67 Å². The van der Waals surface area contributed by atoms with Gasteiger partial charge in [0.15, 0.2) is 0 Å². The van der Waals surface area contributed by atoms with Gasteiger partial charge in [0.05, 0.1) is 17.4 Å². The average Bonchev–Trinajstić information content (AvgIpc) is 3.12. The maximum Gasteiger partial charge on any atom is 0.321 e. The summed E-state index contributed by atoms with van der Waals surface area (Å²) in [4.78, 5) is 18.7. The summed E-state index contributed by atoms with van der Waals surface area (Å²) in [5, 5.41) is 7.27. The first kappa shape index (κ1) is 14.6. The SMILES string of the molecule is Cc1cc(C)c(NC(=O)N2CCC(n3cccn3)C2)c(C)n1. The molecule has 3 rings (SSSR count). The first-order valence-electron chi connectivity index (χ1n) is 7.54. The van der Waals surface area contributed by atoms with Gasteiger partial charge in [-0.2, -0.15) is 5.10 Å². The van der Waals surface area contributed by atoms with Crippen LogP contribution in [0.1, 0.15) is 29.4 Å². The van der Waals surface area contributed by atoms with E-state index in [-0.39, 0.29) is 12.1 Å². The minimum Gasteiger partial charge on any atom is -0.322 e. The lowest BCUT2D eigenvalue weighted by atomic mass is 10.1. The van der Waals surface area contributed by atoms with E-state index in [1.807, 2.05) is 48.7 Å². The molecule has 1 saturated heterocycles. The second kappa shape index (κ2) is 5.79. The molecule has 1 aliphatic rings. The molecule has 0 spiro atoms. The standard InChI is InChI=1S/C16H21N5O/c1-11-9-12(2)18-13(3)15(11)19-16(22)20-8-5-14(10-20)21-7-4-6-17-21/h4,6-7,9,14H,5,8,10H2,1-3H3,(H,19,22). The Bertz CT molecular complexity index is 657. The second-order valence-electron chi connectivity index (χ2n) is 5.85. The Balaban J connectivity index is 1.69. The molecule has 22 heavy (non-hydrogen) atoms. The van der Waals surface area contributed by atoms with Crippen LogP contribution < -0.4 is 5.32 Å². The van der Waals surface area contributed by atoms with Gasteiger partial charge in [-0.15, -0.1) is 0 Å². The number of carbonyl (C=O) groups is 1. The highest BCUT2D eigenvalue weighted by Gasteiger charge is 2.28. The van der Waals surface area contributed by atoms with E-state index in [9.17, 15) is 4.79 Å². The molecule has 2 amide bonds. The first-order chi connectivity index (χ1) is 10.5. The Kier molecular flexibility index (Phi) is 3.83. The number of hydrogen-bond donors (Lipinski definition) is 1. The number of hydrogen-bond acceptors (Lipinski definition) is 3. The molecule has 116 valence electrons. The molecule has 3 heterocycles. The van der Waals surface area contributed by atoms with Crippen molar-refractivity contribution in [3.05, 3.63) is 41.5 Å². The van der Waals surface area contributed by atoms with Crippen LogP contribution in [0.25, 0.3) is 0 Å². The summed E-state index contributed by atoms with van der Waals surface area (Å²) in [5.41, 5.74) is 3.68. The summed E-state index contributed by atoms with van der Waals surface area (Å²) in [5.74, 6) is 0. The molecule has 0 bridgehead atoms. The number of urea groups is 1. The minimum absolute atomic E-state index is 0.0634. The number of pyridine rings is 1. The third kappa shape index (κ3) is 2.81. The van der Waals surface area contributed by atoms with Crippen molar-refractivity contribution < 1.29 is 4.79 Å². The van der Waals surface area contributed by atoms with Crippen molar-refractivity contribution in [2.75, 3.05) is 18.4 Å². The highest BCUT2D eigenvalue weighted by atomic mass is 16.2. The van der Waals surface area contributed by atoms with E-state index in [0.717, 1.165) is 35.6 Å². The fourth-order valence-corrected chi connectivity index (χ4v) is 3.04. The highest BCUT2D eigenvalue weighted by Crippen LogP contribution is 2.23. The summed E-state index contributed by atoms with van der Waals surface area (Å²) in [6, 6.07) is 4.10. The third-order valence-electron chi connectivity index (χ3n) is 4.11. The van der Waals surface area contributed by atoms with Crippen LogP contribution in [0.5, 0.6) is 0 Å². The molecule has 1 N–H and O–H groups in total. The highest BCUT2D eigenvalue weighted by molar-refractivity contribution is 5.91. The summed E-state index contributed by atoms with van der Waals surface area (Å²) >= 11 is 0. The summed E-state index contributed by atoms with van der Waals surface area (Å²) in [6.45, 7) is 7.30. The molecule has 0 saturated carbocycles. The van der Waals surface area contributed by atoms with Crippen LogP contribution in [0.4, 0.5) is 10.5 Å². The van der Waals surface area contributed by atoms with Crippen molar-refractivity contribution >= 4 is 11.7 Å². The molecular weight excluding hydrogens is 278 g/mol. The molecule has 2 aromatic heterocycles. The van der Waals surface area contributed by atoms with E-state index in [1.54, 1.807) is 6.20 Å². The third-order valence-corrected chi connectivity index (χ3v) is 4.11. The van der Waals surface area contributed by atoms with E-state index in [2.05, 4.69) is 15.4 Å². The summed E-state index contributed by atoms with van der Waals surface area (Å²) < 4.78 is 1.93. The zero-order valence-corrected chi connectivity index (χ0v) is 13.2. The Morgan fingerprint density at radius 3 is 2.86 bits per heavy atom. The average molecular weight is 299 g/mol. The number of likely N-dealkylation sites (tertiary alicyclic amines) is 1. The minimum atomic E-state index is -0.0634. The lowest BCUT2D eigenvalue weighted by molar-refractivity contribution is 0.220. The summed E-state index contributed by atoms with van der Waals surface area (Å²) in [7, 11) is 0. The number of amides is 2. The van der Waals surface area contributed by atoms with Crippen LogP contribution in [-0.2, 0) is 0 Å². The zero-order chi connectivity index (χ0) is 15.7. The van der Waals surface area contributed by atoms with E-state index in [4.69, 9.17) is 0 Å². The molecule has 2 aromatic rings. The molecule has 1 unspecified atom stereocenters. The monoisotopic (exact) mass is 299 g/mol. The normalized spacial score (nSPS) is 17.8. The van der Waals surface area contributed by atoms with Crippen LogP contribution in [0, 0.1) is 20.8 Å². The van der Waals surface area contributed by atoms with Crippen LogP contribution in [0.15, 0.2) is 24.5 Å². The predicted octanol–water partition coefficient (Wildman–Crippen LogP) is 2.68. The Morgan fingerprint density at radius 2 is 2.18 bits per heavy atom. The lowest BCUT2D eigenvalue weighted by Gasteiger charge is -2.19. The van der Waals surface area contributed by atoms with Crippen molar-refractivity contribution in [3.63, 3.8) is 0 Å². The van der Waals surface area contributed by atoms with Gasteiger partial charge < -0.3 is 10.2 Å². The topological polar surface area (TPSA) is 63.1 Å². The Hall–Kier alpha value is -2.37. The number of aromatic nitrogens is 3. The quantitative estimate of drug-likeness (QED) is 0.927. The number of rotatable bonds is 2. The Morgan fingerprint density at radius 1 is 1.36 bits per heavy atom. The molecule has 0 aliphatic carbocycles. The predicted molar refractivity (Wildman–Crippen MR) is 84.9 cm³/mol. The van der Waals surface area contributed by atoms with Crippen molar-refractivity contribution in [2.45, 2.75) is 33.2 Å². The molecular formula is C16H21N5O. The maximum atomic E-state index is 12.5. The van der Waals surface area contributed by atoms with Crippen LogP contribution in [0.3, 0.4) is 0 Å². The molecule has 1 fully saturated rings. The van der Waals surface area contributed by atoms with Crippen molar-refractivity contribution in [2.24, 2.45) is 0 Å². The number of carbonyl (C=O) groups excluding carboxylic acids is 1. The van der Waals surface area contributed by atoms with Gasteiger partial charge in [0, 0.05) is 31.2 Å². The molecule has 0 aromatic carbocycles. The van der Waals surface area contributed by atoms with E-state index in [0.29, 0.717) is 6.54 Å². The van der Waals surface area contributed by atoms with E-state index in [1.165, 1.54) is 0 Å². The first-order valence-corrected chi connectivity index (χ1v) is 7.54. The molecule has 0 radical (unpaired) electrons. The van der Waals surface area contributed by atoms with Gasteiger partial charge in [0.25, 0.3) is 0 Å².